The SMILES string of the molecule is CCC(=O)c1cccc2c(O)cccc12. The minimum Gasteiger partial charge on any atom is -0.507 e. The number of Topliss-reactive ketones (excluding diaryl/α,β-unsaturated/α-hetero) is 1. The number of carbonyl (C=O) groups excluding carboxylic acids is 1. The molecule has 0 bridgehead atoms. The van der Waals surface area contributed by atoms with Gasteiger partial charge in [-0.1, -0.05) is 37.3 Å². The molecule has 2 heteroatoms. The Morgan fingerprint density at radius 1 is 1.13 bits per heavy atom. The van der Waals surface area contributed by atoms with Crippen LogP contribution in [0, 0.1) is 0 Å². The van der Waals surface area contributed by atoms with Crippen molar-refractivity contribution in [1.29, 1.82) is 0 Å². The quantitative estimate of drug-likeness (QED) is 0.756. The molecule has 0 aliphatic carbocycles. The van der Waals surface area contributed by atoms with E-state index in [-0.39, 0.29) is 11.5 Å². The number of rotatable bonds is 2. The number of ketones is 1. The lowest BCUT2D eigenvalue weighted by atomic mass is 10.00. The molecule has 0 aliphatic heterocycles. The van der Waals surface area contributed by atoms with Crippen molar-refractivity contribution in [2.24, 2.45) is 0 Å². The van der Waals surface area contributed by atoms with Gasteiger partial charge in [-0.05, 0) is 11.5 Å². The summed E-state index contributed by atoms with van der Waals surface area (Å²) >= 11 is 0. The molecular weight excluding hydrogens is 188 g/mol. The highest BCUT2D eigenvalue weighted by Gasteiger charge is 2.08. The van der Waals surface area contributed by atoms with Crippen molar-refractivity contribution < 1.29 is 9.90 Å². The third kappa shape index (κ3) is 1.59. The van der Waals surface area contributed by atoms with E-state index < -0.39 is 0 Å². The zero-order valence-electron chi connectivity index (χ0n) is 8.53. The highest BCUT2D eigenvalue weighted by Crippen LogP contribution is 2.27. The molecule has 2 rings (SSSR count). The fourth-order valence-electron chi connectivity index (χ4n) is 1.73. The van der Waals surface area contributed by atoms with Crippen LogP contribution in [-0.4, -0.2) is 10.9 Å². The Morgan fingerprint density at radius 2 is 1.80 bits per heavy atom. The molecule has 0 atom stereocenters. The molecule has 0 saturated carbocycles. The van der Waals surface area contributed by atoms with E-state index in [1.165, 1.54) is 0 Å². The molecule has 0 spiro atoms. The standard InChI is InChI=1S/C13H12O2/c1-2-12(14)10-6-3-7-11-9(10)5-4-8-13(11)15/h3-8,15H,2H2,1H3. The molecule has 2 aromatic carbocycles. The summed E-state index contributed by atoms with van der Waals surface area (Å²) in [5.41, 5.74) is 0.686. The van der Waals surface area contributed by atoms with E-state index in [1.807, 2.05) is 19.1 Å². The van der Waals surface area contributed by atoms with Gasteiger partial charge in [0.1, 0.15) is 5.75 Å². The van der Waals surface area contributed by atoms with Gasteiger partial charge in [-0.2, -0.15) is 0 Å². The first-order valence-electron chi connectivity index (χ1n) is 4.98. The second-order valence-electron chi connectivity index (χ2n) is 3.45. The molecule has 0 amide bonds. The second kappa shape index (κ2) is 3.73. The van der Waals surface area contributed by atoms with E-state index in [9.17, 15) is 9.90 Å². The first-order chi connectivity index (χ1) is 7.24. The minimum absolute atomic E-state index is 0.103. The van der Waals surface area contributed by atoms with Crippen LogP contribution in [0.5, 0.6) is 5.75 Å². The van der Waals surface area contributed by atoms with Crippen molar-refractivity contribution in [3.63, 3.8) is 0 Å². The van der Waals surface area contributed by atoms with Crippen molar-refractivity contribution in [3.8, 4) is 5.75 Å². The van der Waals surface area contributed by atoms with E-state index in [0.717, 1.165) is 10.8 Å². The average Bonchev–Trinajstić information content (AvgIpc) is 2.28. The summed E-state index contributed by atoms with van der Waals surface area (Å²) in [5.74, 6) is 0.324. The van der Waals surface area contributed by atoms with Crippen LogP contribution in [0.1, 0.15) is 23.7 Å². The maximum atomic E-state index is 11.7. The van der Waals surface area contributed by atoms with E-state index in [1.54, 1.807) is 24.3 Å². The van der Waals surface area contributed by atoms with Crippen LogP contribution in [0.15, 0.2) is 36.4 Å². The van der Waals surface area contributed by atoms with Gasteiger partial charge < -0.3 is 5.11 Å². The van der Waals surface area contributed by atoms with Crippen LogP contribution in [0.2, 0.25) is 0 Å². The van der Waals surface area contributed by atoms with Gasteiger partial charge in [0.05, 0.1) is 0 Å². The molecule has 0 radical (unpaired) electrons. The summed E-state index contributed by atoms with van der Waals surface area (Å²) in [4.78, 5) is 11.7. The molecule has 2 aromatic rings. The Morgan fingerprint density at radius 3 is 2.53 bits per heavy atom. The van der Waals surface area contributed by atoms with Crippen molar-refractivity contribution in [3.05, 3.63) is 42.0 Å². The fourth-order valence-corrected chi connectivity index (χ4v) is 1.73. The van der Waals surface area contributed by atoms with E-state index in [2.05, 4.69) is 0 Å². The predicted molar refractivity (Wildman–Crippen MR) is 60.2 cm³/mol. The highest BCUT2D eigenvalue weighted by molar-refractivity contribution is 6.09. The van der Waals surface area contributed by atoms with Crippen molar-refractivity contribution in [1.82, 2.24) is 0 Å². The maximum absolute atomic E-state index is 11.7. The van der Waals surface area contributed by atoms with Gasteiger partial charge in [0.2, 0.25) is 0 Å². The lowest BCUT2D eigenvalue weighted by molar-refractivity contribution is 0.0990. The summed E-state index contributed by atoms with van der Waals surface area (Å²) < 4.78 is 0. The number of hydrogen-bond donors (Lipinski definition) is 1. The van der Waals surface area contributed by atoms with Gasteiger partial charge in [0.25, 0.3) is 0 Å². The predicted octanol–water partition coefficient (Wildman–Crippen LogP) is 3.14. The fraction of sp³-hybridized carbons (Fsp3) is 0.154. The number of aromatic hydroxyl groups is 1. The van der Waals surface area contributed by atoms with Gasteiger partial charge in [0.15, 0.2) is 5.78 Å². The molecule has 76 valence electrons. The molecule has 1 N–H and O–H groups in total. The Balaban J connectivity index is 2.77. The van der Waals surface area contributed by atoms with Crippen LogP contribution in [0.25, 0.3) is 10.8 Å². The summed E-state index contributed by atoms with van der Waals surface area (Å²) in [6.07, 6.45) is 0.481. The lowest BCUT2D eigenvalue weighted by Gasteiger charge is -2.05. The smallest absolute Gasteiger partial charge is 0.163 e. The molecule has 0 fully saturated rings. The second-order valence-corrected chi connectivity index (χ2v) is 3.45. The van der Waals surface area contributed by atoms with Crippen LogP contribution < -0.4 is 0 Å². The van der Waals surface area contributed by atoms with Gasteiger partial charge in [0, 0.05) is 17.4 Å². The third-order valence-electron chi connectivity index (χ3n) is 2.52. The highest BCUT2D eigenvalue weighted by atomic mass is 16.3. The van der Waals surface area contributed by atoms with Gasteiger partial charge in [-0.25, -0.2) is 0 Å². The number of phenols is 1. The van der Waals surface area contributed by atoms with Gasteiger partial charge in [-0.3, -0.25) is 4.79 Å². The van der Waals surface area contributed by atoms with E-state index >= 15 is 0 Å². The summed E-state index contributed by atoms with van der Waals surface area (Å²) in [6.45, 7) is 1.84. The molecule has 0 heterocycles. The monoisotopic (exact) mass is 200 g/mol. The number of fused-ring (bicyclic) bond motifs is 1. The lowest BCUT2D eigenvalue weighted by Crippen LogP contribution is -1.97. The van der Waals surface area contributed by atoms with Crippen molar-refractivity contribution in [2.75, 3.05) is 0 Å². The maximum Gasteiger partial charge on any atom is 0.163 e. The molecule has 15 heavy (non-hydrogen) atoms. The van der Waals surface area contributed by atoms with Crippen LogP contribution in [0.4, 0.5) is 0 Å². The summed E-state index contributed by atoms with van der Waals surface area (Å²) in [7, 11) is 0. The van der Waals surface area contributed by atoms with Crippen LogP contribution in [0.3, 0.4) is 0 Å². The molecular formula is C13H12O2. The van der Waals surface area contributed by atoms with Crippen molar-refractivity contribution in [2.45, 2.75) is 13.3 Å². The summed E-state index contributed by atoms with van der Waals surface area (Å²) in [5, 5.41) is 11.2. The molecule has 0 aliphatic rings. The largest absolute Gasteiger partial charge is 0.507 e. The number of carbonyl (C=O) groups is 1. The zero-order chi connectivity index (χ0) is 10.8. The van der Waals surface area contributed by atoms with Gasteiger partial charge >= 0.3 is 0 Å². The van der Waals surface area contributed by atoms with Crippen molar-refractivity contribution >= 4 is 16.6 Å². The minimum atomic E-state index is 0.103. The Labute approximate surface area is 88.2 Å². The molecule has 0 unspecified atom stereocenters. The molecule has 0 saturated heterocycles. The number of benzene rings is 2. The molecule has 2 nitrogen and oxygen atoms in total. The number of phenolic OH excluding ortho intramolecular Hbond substituents is 1. The van der Waals surface area contributed by atoms with E-state index in [0.29, 0.717) is 12.0 Å². The Bertz CT molecular complexity index is 515. The summed E-state index contributed by atoms with van der Waals surface area (Å²) in [6, 6.07) is 10.7. The van der Waals surface area contributed by atoms with Gasteiger partial charge in [-0.15, -0.1) is 0 Å². The average molecular weight is 200 g/mol. The number of hydrogen-bond acceptors (Lipinski definition) is 2. The van der Waals surface area contributed by atoms with Crippen LogP contribution in [-0.2, 0) is 0 Å². The normalized spacial score (nSPS) is 10.5. The van der Waals surface area contributed by atoms with E-state index in [4.69, 9.17) is 0 Å². The van der Waals surface area contributed by atoms with Crippen LogP contribution >= 0.6 is 0 Å². The molecule has 0 aromatic heterocycles. The zero-order valence-corrected chi connectivity index (χ0v) is 8.53. The topological polar surface area (TPSA) is 37.3 Å². The first kappa shape index (κ1) is 9.71. The first-order valence-corrected chi connectivity index (χ1v) is 4.98. The third-order valence-corrected chi connectivity index (χ3v) is 2.52. The Kier molecular flexibility index (Phi) is 2.42. The Hall–Kier alpha value is -1.83.